The van der Waals surface area contributed by atoms with Crippen molar-refractivity contribution in [3.63, 3.8) is 0 Å². The first kappa shape index (κ1) is 13.1. The van der Waals surface area contributed by atoms with Crippen LogP contribution in [0.4, 0.5) is 8.78 Å². The van der Waals surface area contributed by atoms with Crippen LogP contribution in [0.15, 0.2) is 23.4 Å². The molecular weight excluding hydrogens is 242 g/mol. The van der Waals surface area contributed by atoms with Gasteiger partial charge in [0.05, 0.1) is 11.4 Å². The van der Waals surface area contributed by atoms with E-state index in [1.54, 1.807) is 11.8 Å². The fourth-order valence-electron chi connectivity index (χ4n) is 0.977. The van der Waals surface area contributed by atoms with E-state index in [1.165, 1.54) is 23.0 Å². The van der Waals surface area contributed by atoms with Crippen molar-refractivity contribution in [3.8, 4) is 0 Å². The van der Waals surface area contributed by atoms with Crippen molar-refractivity contribution in [3.05, 3.63) is 18.5 Å². The highest BCUT2D eigenvalue weighted by molar-refractivity contribution is 7.89. The number of halogens is 2. The molecule has 0 aliphatic carbocycles. The summed E-state index contributed by atoms with van der Waals surface area (Å²) < 4.78 is 51.4. The quantitative estimate of drug-likeness (QED) is 0.772. The number of nitrogens with one attached hydrogen (secondary N) is 1. The summed E-state index contributed by atoms with van der Waals surface area (Å²) in [6.07, 6.45) is 2.78. The molecule has 1 aromatic rings. The minimum absolute atomic E-state index is 0.0938. The third-order valence-corrected chi connectivity index (χ3v) is 3.25. The van der Waals surface area contributed by atoms with E-state index in [-0.39, 0.29) is 4.90 Å². The van der Waals surface area contributed by atoms with Crippen molar-refractivity contribution < 1.29 is 22.3 Å². The first-order valence-corrected chi connectivity index (χ1v) is 5.85. The lowest BCUT2D eigenvalue weighted by Gasteiger charge is -2.13. The Kier molecular flexibility index (Phi) is 3.66. The van der Waals surface area contributed by atoms with Crippen molar-refractivity contribution in [1.29, 1.82) is 0 Å². The number of alkyl halides is 2. The maximum atomic E-state index is 12.6. The van der Waals surface area contributed by atoms with Gasteiger partial charge in [0.1, 0.15) is 6.61 Å². The first-order chi connectivity index (χ1) is 7.27. The van der Waals surface area contributed by atoms with E-state index in [1.807, 2.05) is 0 Å². The van der Waals surface area contributed by atoms with Gasteiger partial charge in [-0.3, -0.25) is 0 Å². The zero-order chi connectivity index (χ0) is 12.4. The topological polar surface area (TPSA) is 71.3 Å². The second-order valence-corrected chi connectivity index (χ2v) is 5.12. The molecule has 5 nitrogen and oxygen atoms in total. The molecule has 16 heavy (non-hydrogen) atoms. The number of aromatic nitrogens is 1. The van der Waals surface area contributed by atoms with Gasteiger partial charge in [0.15, 0.2) is 0 Å². The Hall–Kier alpha value is -0.990. The molecule has 1 heterocycles. The minimum atomic E-state index is -3.94. The first-order valence-electron chi connectivity index (χ1n) is 4.37. The highest BCUT2D eigenvalue weighted by Crippen LogP contribution is 2.13. The Labute approximate surface area is 91.7 Å². The van der Waals surface area contributed by atoms with Crippen LogP contribution in [0.25, 0.3) is 0 Å². The van der Waals surface area contributed by atoms with Crippen molar-refractivity contribution in [1.82, 2.24) is 9.29 Å². The molecule has 0 aromatic carbocycles. The van der Waals surface area contributed by atoms with Crippen molar-refractivity contribution in [2.24, 2.45) is 7.05 Å². The summed E-state index contributed by atoms with van der Waals surface area (Å²) in [5.41, 5.74) is 0. The summed E-state index contributed by atoms with van der Waals surface area (Å²) >= 11 is 0. The number of nitrogens with zero attached hydrogens (tertiary/aromatic N) is 1. The summed E-state index contributed by atoms with van der Waals surface area (Å²) in [6, 6.07) is 1.29. The van der Waals surface area contributed by atoms with Crippen molar-refractivity contribution in [2.45, 2.75) is 10.8 Å². The number of aryl methyl sites for hydroxylation is 1. The van der Waals surface area contributed by atoms with Crippen LogP contribution >= 0.6 is 0 Å². The lowest BCUT2D eigenvalue weighted by Crippen LogP contribution is -2.38. The molecule has 0 amide bonds. The number of aliphatic hydroxyl groups excluding tert-OH is 1. The van der Waals surface area contributed by atoms with Gasteiger partial charge in [0.25, 0.3) is 5.92 Å². The number of rotatable bonds is 5. The second kappa shape index (κ2) is 4.48. The van der Waals surface area contributed by atoms with Crippen LogP contribution in [0, 0.1) is 0 Å². The SMILES string of the molecule is Cn1ccc(S(=O)(=O)NCC(F)(F)CO)c1. The number of hydrogen-bond acceptors (Lipinski definition) is 3. The van der Waals surface area contributed by atoms with Gasteiger partial charge in [-0.15, -0.1) is 0 Å². The van der Waals surface area contributed by atoms with Gasteiger partial charge < -0.3 is 9.67 Å². The van der Waals surface area contributed by atoms with Crippen LogP contribution in [0.1, 0.15) is 0 Å². The molecule has 0 atom stereocenters. The molecule has 0 saturated carbocycles. The highest BCUT2D eigenvalue weighted by Gasteiger charge is 2.30. The van der Waals surface area contributed by atoms with Crippen molar-refractivity contribution in [2.75, 3.05) is 13.2 Å². The smallest absolute Gasteiger partial charge is 0.283 e. The lowest BCUT2D eigenvalue weighted by molar-refractivity contribution is -0.0437. The molecule has 0 unspecified atom stereocenters. The predicted octanol–water partition coefficient (Wildman–Crippen LogP) is -0.0690. The standard InChI is InChI=1S/C8H12F2N2O3S/c1-12-3-2-7(4-12)16(14,15)11-5-8(9,10)6-13/h2-4,11,13H,5-6H2,1H3. The minimum Gasteiger partial charge on any atom is -0.390 e. The molecule has 0 aliphatic rings. The van der Waals surface area contributed by atoms with Gasteiger partial charge >= 0.3 is 0 Å². The summed E-state index contributed by atoms with van der Waals surface area (Å²) in [5.74, 6) is -3.46. The number of sulfonamides is 1. The van der Waals surface area contributed by atoms with Crippen LogP contribution in [0.3, 0.4) is 0 Å². The fourth-order valence-corrected chi connectivity index (χ4v) is 2.09. The highest BCUT2D eigenvalue weighted by atomic mass is 32.2. The maximum absolute atomic E-state index is 12.6. The summed E-state index contributed by atoms with van der Waals surface area (Å²) in [5, 5.41) is 8.28. The molecule has 0 bridgehead atoms. The van der Waals surface area contributed by atoms with E-state index in [0.29, 0.717) is 0 Å². The van der Waals surface area contributed by atoms with Crippen LogP contribution in [-0.4, -0.2) is 37.2 Å². The average Bonchev–Trinajstić information content (AvgIpc) is 2.63. The van der Waals surface area contributed by atoms with Gasteiger partial charge in [-0.2, -0.15) is 0 Å². The molecule has 1 aromatic heterocycles. The van der Waals surface area contributed by atoms with Gasteiger partial charge in [-0.25, -0.2) is 21.9 Å². The monoisotopic (exact) mass is 254 g/mol. The third kappa shape index (κ3) is 3.26. The molecular formula is C8H12F2N2O3S. The molecule has 0 fully saturated rings. The zero-order valence-corrected chi connectivity index (χ0v) is 9.34. The molecule has 2 N–H and O–H groups in total. The van der Waals surface area contributed by atoms with E-state index >= 15 is 0 Å². The van der Waals surface area contributed by atoms with E-state index in [4.69, 9.17) is 5.11 Å². The Morgan fingerprint density at radius 3 is 2.62 bits per heavy atom. The second-order valence-electron chi connectivity index (χ2n) is 3.35. The molecule has 0 spiro atoms. The van der Waals surface area contributed by atoms with Gasteiger partial charge in [-0.05, 0) is 6.07 Å². The van der Waals surface area contributed by atoms with Crippen LogP contribution in [-0.2, 0) is 17.1 Å². The summed E-state index contributed by atoms with van der Waals surface area (Å²) in [6.45, 7) is -2.52. The normalized spacial score (nSPS) is 13.0. The van der Waals surface area contributed by atoms with E-state index in [2.05, 4.69) is 0 Å². The third-order valence-electron chi connectivity index (χ3n) is 1.87. The van der Waals surface area contributed by atoms with E-state index in [0.717, 1.165) is 0 Å². The van der Waals surface area contributed by atoms with Gasteiger partial charge in [-0.1, -0.05) is 0 Å². The van der Waals surface area contributed by atoms with Gasteiger partial charge in [0, 0.05) is 19.4 Å². The Bertz CT molecular complexity index is 456. The van der Waals surface area contributed by atoms with Crippen LogP contribution < -0.4 is 4.72 Å². The van der Waals surface area contributed by atoms with Crippen LogP contribution in [0.5, 0.6) is 0 Å². The Balaban J connectivity index is 2.74. The molecule has 1 rings (SSSR count). The molecule has 92 valence electrons. The van der Waals surface area contributed by atoms with Crippen molar-refractivity contribution >= 4 is 10.0 Å². The Morgan fingerprint density at radius 1 is 1.56 bits per heavy atom. The number of aliphatic hydroxyl groups is 1. The number of hydrogen-bond donors (Lipinski definition) is 2. The summed E-state index contributed by atoms with van der Waals surface area (Å²) in [4.78, 5) is -0.0938. The van der Waals surface area contributed by atoms with E-state index < -0.39 is 29.1 Å². The lowest BCUT2D eigenvalue weighted by atomic mass is 10.4. The molecule has 0 saturated heterocycles. The fraction of sp³-hybridized carbons (Fsp3) is 0.500. The van der Waals surface area contributed by atoms with Gasteiger partial charge in [0.2, 0.25) is 10.0 Å². The Morgan fingerprint density at radius 2 is 2.19 bits per heavy atom. The zero-order valence-electron chi connectivity index (χ0n) is 8.52. The molecule has 0 radical (unpaired) electrons. The molecule has 8 heteroatoms. The molecule has 0 aliphatic heterocycles. The van der Waals surface area contributed by atoms with E-state index in [9.17, 15) is 17.2 Å². The van der Waals surface area contributed by atoms with Crippen LogP contribution in [0.2, 0.25) is 0 Å². The average molecular weight is 254 g/mol. The largest absolute Gasteiger partial charge is 0.390 e. The summed E-state index contributed by atoms with van der Waals surface area (Å²) in [7, 11) is -2.33. The predicted molar refractivity (Wildman–Crippen MR) is 52.6 cm³/mol. The maximum Gasteiger partial charge on any atom is 0.283 e.